The largest absolute Gasteiger partial charge is 0.351 e. The number of aromatic nitrogens is 4. The molecule has 4 rings (SSSR count). The third-order valence-corrected chi connectivity index (χ3v) is 6.38. The van der Waals surface area contributed by atoms with Crippen LogP contribution in [-0.2, 0) is 17.8 Å². The summed E-state index contributed by atoms with van der Waals surface area (Å²) < 4.78 is 1.36. The lowest BCUT2D eigenvalue weighted by atomic mass is 9.99. The smallest absolute Gasteiger partial charge is 0.277 e. The van der Waals surface area contributed by atoms with Crippen LogP contribution in [0.25, 0.3) is 5.78 Å². The number of nitrogens with zero attached hydrogens (tertiary/aromatic N) is 4. The third kappa shape index (κ3) is 4.69. The minimum atomic E-state index is -0.193. The lowest BCUT2D eigenvalue weighted by Gasteiger charge is -2.35. The average molecular weight is 437 g/mol. The van der Waals surface area contributed by atoms with Crippen LogP contribution in [0.1, 0.15) is 61.4 Å². The lowest BCUT2D eigenvalue weighted by Crippen LogP contribution is -2.43. The van der Waals surface area contributed by atoms with E-state index in [0.29, 0.717) is 48.4 Å². The summed E-state index contributed by atoms with van der Waals surface area (Å²) in [6, 6.07) is 8.56. The molecule has 0 aliphatic carbocycles. The molecule has 0 saturated carbocycles. The highest BCUT2D eigenvalue weighted by Crippen LogP contribution is 2.21. The molecule has 0 spiro atoms. The van der Waals surface area contributed by atoms with Crippen molar-refractivity contribution >= 4 is 17.6 Å². The van der Waals surface area contributed by atoms with Gasteiger partial charge in [0.2, 0.25) is 11.9 Å². The molecule has 8 nitrogen and oxygen atoms in total. The number of fused-ring (bicyclic) bond motifs is 1. The maximum absolute atomic E-state index is 13.1. The van der Waals surface area contributed by atoms with Gasteiger partial charge in [0, 0.05) is 31.1 Å². The number of likely N-dealkylation sites (tertiary alicyclic amines) is 1. The van der Waals surface area contributed by atoms with Gasteiger partial charge in [-0.25, -0.2) is 4.98 Å². The van der Waals surface area contributed by atoms with Crippen LogP contribution in [0.15, 0.2) is 29.1 Å². The molecule has 1 aromatic carbocycles. The molecule has 1 saturated heterocycles. The lowest BCUT2D eigenvalue weighted by molar-refractivity contribution is -0.134. The number of carbonyl (C=O) groups excluding carboxylic acids is 1. The highest BCUT2D eigenvalue weighted by Gasteiger charge is 2.25. The summed E-state index contributed by atoms with van der Waals surface area (Å²) in [5, 5.41) is 6.22. The molecule has 1 atom stereocenters. The van der Waals surface area contributed by atoms with Gasteiger partial charge in [-0.1, -0.05) is 36.8 Å². The average Bonchev–Trinajstić information content (AvgIpc) is 3.21. The van der Waals surface area contributed by atoms with Crippen molar-refractivity contribution in [1.82, 2.24) is 24.5 Å². The number of hydrogen-bond acceptors (Lipinski definition) is 5. The molecule has 0 unspecified atom stereocenters. The van der Waals surface area contributed by atoms with Gasteiger partial charge < -0.3 is 10.2 Å². The zero-order valence-corrected chi connectivity index (χ0v) is 19.1. The number of carbonyl (C=O) groups is 1. The number of hydrogen-bond donors (Lipinski definition) is 2. The Hall–Kier alpha value is -3.16. The third-order valence-electron chi connectivity index (χ3n) is 6.38. The molecular formula is C24H32N6O2. The van der Waals surface area contributed by atoms with Crippen molar-refractivity contribution in [3.63, 3.8) is 0 Å². The van der Waals surface area contributed by atoms with Crippen LogP contribution in [0, 0.1) is 13.8 Å². The van der Waals surface area contributed by atoms with E-state index in [0.717, 1.165) is 31.4 Å². The molecule has 32 heavy (non-hydrogen) atoms. The van der Waals surface area contributed by atoms with Gasteiger partial charge in [-0.3, -0.25) is 14.7 Å². The maximum atomic E-state index is 13.1. The Morgan fingerprint density at radius 3 is 2.72 bits per heavy atom. The molecule has 1 amide bonds. The van der Waals surface area contributed by atoms with E-state index in [-0.39, 0.29) is 11.5 Å². The van der Waals surface area contributed by atoms with Gasteiger partial charge >= 0.3 is 0 Å². The van der Waals surface area contributed by atoms with E-state index in [1.165, 1.54) is 16.5 Å². The number of piperidine rings is 1. The summed E-state index contributed by atoms with van der Waals surface area (Å²) in [5.41, 5.74) is 3.33. The van der Waals surface area contributed by atoms with Gasteiger partial charge in [-0.15, -0.1) is 0 Å². The number of aryl methyl sites for hydroxylation is 2. The Kier molecular flexibility index (Phi) is 6.58. The van der Waals surface area contributed by atoms with Gasteiger partial charge in [-0.05, 0) is 51.5 Å². The predicted molar refractivity (Wildman–Crippen MR) is 125 cm³/mol. The second-order valence-electron chi connectivity index (χ2n) is 8.67. The van der Waals surface area contributed by atoms with Crippen molar-refractivity contribution < 1.29 is 4.79 Å². The predicted octanol–water partition coefficient (Wildman–Crippen LogP) is 3.37. The first kappa shape index (κ1) is 22.0. The van der Waals surface area contributed by atoms with Crippen molar-refractivity contribution in [2.24, 2.45) is 0 Å². The highest BCUT2D eigenvalue weighted by atomic mass is 16.2. The summed E-state index contributed by atoms with van der Waals surface area (Å²) in [5.74, 6) is 0.948. The Labute approximate surface area is 188 Å². The highest BCUT2D eigenvalue weighted by molar-refractivity contribution is 5.77. The number of aromatic amines is 1. The molecule has 1 aliphatic rings. The van der Waals surface area contributed by atoms with Crippen LogP contribution < -0.4 is 10.9 Å². The van der Waals surface area contributed by atoms with Gasteiger partial charge in [0.15, 0.2) is 0 Å². The van der Waals surface area contributed by atoms with Crippen molar-refractivity contribution in [3.05, 3.63) is 57.0 Å². The quantitative estimate of drug-likeness (QED) is 0.592. The van der Waals surface area contributed by atoms with Gasteiger partial charge in [-0.2, -0.15) is 9.50 Å². The molecule has 8 heteroatoms. The molecule has 170 valence electrons. The SMILES string of the molecule is CC[C@@H]1CCCCN1C(=O)CCc1c(C)nc2nc(NCc3ccc(C)cc3)[nH]n2c1=O. The van der Waals surface area contributed by atoms with Crippen LogP contribution in [-0.4, -0.2) is 43.0 Å². The molecule has 1 fully saturated rings. The normalized spacial score (nSPS) is 16.5. The molecular weight excluding hydrogens is 404 g/mol. The van der Waals surface area contributed by atoms with Crippen molar-refractivity contribution in [3.8, 4) is 0 Å². The summed E-state index contributed by atoms with van der Waals surface area (Å²) in [6.07, 6.45) is 5.01. The first-order chi connectivity index (χ1) is 15.5. The standard InChI is InChI=1S/C24H32N6O2/c1-4-19-7-5-6-14-29(19)21(31)13-12-20-17(3)26-24-27-23(28-30(24)22(20)32)25-15-18-10-8-16(2)9-11-18/h8-11,19H,4-7,12-15H2,1-3H3,(H2,25,26,27,28)/t19-/m1/s1. The molecule has 3 heterocycles. The van der Waals surface area contributed by atoms with Crippen LogP contribution in [0.2, 0.25) is 0 Å². The second kappa shape index (κ2) is 9.54. The molecule has 0 radical (unpaired) electrons. The van der Waals surface area contributed by atoms with Crippen molar-refractivity contribution in [2.75, 3.05) is 11.9 Å². The topological polar surface area (TPSA) is 95.4 Å². The summed E-state index contributed by atoms with van der Waals surface area (Å²) >= 11 is 0. The summed E-state index contributed by atoms with van der Waals surface area (Å²) in [4.78, 5) is 36.8. The van der Waals surface area contributed by atoms with E-state index in [4.69, 9.17) is 0 Å². The van der Waals surface area contributed by atoms with Crippen LogP contribution in [0.3, 0.4) is 0 Å². The van der Waals surface area contributed by atoms with Crippen LogP contribution >= 0.6 is 0 Å². The van der Waals surface area contributed by atoms with Gasteiger partial charge in [0.05, 0.1) is 5.69 Å². The molecule has 2 aromatic heterocycles. The maximum Gasteiger partial charge on any atom is 0.277 e. The van der Waals surface area contributed by atoms with E-state index in [1.54, 1.807) is 0 Å². The van der Waals surface area contributed by atoms with Gasteiger partial charge in [0.25, 0.3) is 11.3 Å². The Morgan fingerprint density at radius 2 is 1.97 bits per heavy atom. The number of H-pyrrole nitrogens is 1. The second-order valence-corrected chi connectivity index (χ2v) is 8.67. The Balaban J connectivity index is 1.47. The zero-order chi connectivity index (χ0) is 22.7. The van der Waals surface area contributed by atoms with E-state index in [2.05, 4.69) is 58.5 Å². The number of rotatable bonds is 7. The number of benzene rings is 1. The fourth-order valence-corrected chi connectivity index (χ4v) is 4.44. The molecule has 1 aliphatic heterocycles. The van der Waals surface area contributed by atoms with E-state index in [9.17, 15) is 9.59 Å². The fourth-order valence-electron chi connectivity index (χ4n) is 4.44. The molecule has 2 N–H and O–H groups in total. The van der Waals surface area contributed by atoms with Gasteiger partial charge in [0.1, 0.15) is 0 Å². The van der Waals surface area contributed by atoms with E-state index < -0.39 is 0 Å². The summed E-state index contributed by atoms with van der Waals surface area (Å²) in [6.45, 7) is 7.40. The first-order valence-electron chi connectivity index (χ1n) is 11.5. The van der Waals surface area contributed by atoms with Crippen molar-refractivity contribution in [2.45, 2.75) is 71.9 Å². The van der Waals surface area contributed by atoms with Crippen molar-refractivity contribution in [1.29, 1.82) is 0 Å². The molecule has 3 aromatic rings. The minimum Gasteiger partial charge on any atom is -0.351 e. The van der Waals surface area contributed by atoms with Crippen LogP contribution in [0.4, 0.5) is 5.95 Å². The Bertz CT molecular complexity index is 1150. The van der Waals surface area contributed by atoms with Crippen LogP contribution in [0.5, 0.6) is 0 Å². The Morgan fingerprint density at radius 1 is 1.19 bits per heavy atom. The zero-order valence-electron chi connectivity index (χ0n) is 19.1. The monoisotopic (exact) mass is 436 g/mol. The first-order valence-corrected chi connectivity index (χ1v) is 11.5. The minimum absolute atomic E-state index is 0.130. The molecule has 0 bridgehead atoms. The summed E-state index contributed by atoms with van der Waals surface area (Å²) in [7, 11) is 0. The van der Waals surface area contributed by atoms with E-state index in [1.807, 2.05) is 11.8 Å². The number of nitrogens with one attached hydrogen (secondary N) is 2. The van der Waals surface area contributed by atoms with E-state index >= 15 is 0 Å². The number of anilines is 1. The fraction of sp³-hybridized carbons (Fsp3) is 0.500. The number of amides is 1.